The van der Waals surface area contributed by atoms with Crippen LogP contribution in [0.5, 0.6) is 0 Å². The Balaban J connectivity index is 0.00000324. The molecule has 0 aliphatic heterocycles. The van der Waals surface area contributed by atoms with Gasteiger partial charge in [0.25, 0.3) is 5.56 Å². The maximum absolute atomic E-state index is 13.1. The Morgan fingerprint density at radius 3 is 2.38 bits per heavy atom. The Bertz CT molecular complexity index is 1190. The predicted octanol–water partition coefficient (Wildman–Crippen LogP) is 5.93. The fourth-order valence-electron chi connectivity index (χ4n) is 4.26. The summed E-state index contributed by atoms with van der Waals surface area (Å²) in [4.78, 5) is 26.5. The Kier molecular flexibility index (Phi) is 8.58. The van der Waals surface area contributed by atoms with Crippen LogP contribution in [0.25, 0.3) is 0 Å². The lowest BCUT2D eigenvalue weighted by Gasteiger charge is -2.28. The number of carbonyl (C=O) groups is 1. The number of hydrogen-bond acceptors (Lipinski definition) is 3. The van der Waals surface area contributed by atoms with Crippen LogP contribution >= 0.6 is 24.0 Å². The zero-order valence-electron chi connectivity index (χ0n) is 19.4. The number of hydrogen-bond donors (Lipinski definition) is 1. The van der Waals surface area contributed by atoms with Gasteiger partial charge in [-0.05, 0) is 74.0 Å². The lowest BCUT2D eigenvalue weighted by Crippen LogP contribution is -2.31. The van der Waals surface area contributed by atoms with Gasteiger partial charge in [-0.1, -0.05) is 54.1 Å². The molecule has 0 spiro atoms. The van der Waals surface area contributed by atoms with Crippen LogP contribution < -0.4 is 5.56 Å². The van der Waals surface area contributed by atoms with Crippen LogP contribution in [-0.4, -0.2) is 27.6 Å². The van der Waals surface area contributed by atoms with Crippen LogP contribution in [0, 0.1) is 0 Å². The van der Waals surface area contributed by atoms with E-state index >= 15 is 0 Å². The first-order valence-corrected chi connectivity index (χ1v) is 11.7. The normalized spacial score (nSPS) is 14.0. The van der Waals surface area contributed by atoms with Crippen LogP contribution in [0.3, 0.4) is 0 Å². The van der Waals surface area contributed by atoms with Gasteiger partial charge in [0.05, 0.1) is 5.56 Å². The summed E-state index contributed by atoms with van der Waals surface area (Å²) in [6.45, 7) is 3.31. The van der Waals surface area contributed by atoms with E-state index in [2.05, 4.69) is 31.0 Å². The molecule has 0 radical (unpaired) electrons. The fourth-order valence-corrected chi connectivity index (χ4v) is 4.48. The number of aryl methyl sites for hydroxylation is 1. The van der Waals surface area contributed by atoms with Crippen LogP contribution in [0.15, 0.2) is 65.5 Å². The summed E-state index contributed by atoms with van der Waals surface area (Å²) in [5.74, 6) is -0.487. The molecule has 180 valence electrons. The molecule has 1 aromatic heterocycles. The van der Waals surface area contributed by atoms with Crippen molar-refractivity contribution in [3.05, 3.63) is 104 Å². The van der Waals surface area contributed by atoms with Gasteiger partial charge in [0.2, 0.25) is 0 Å². The van der Waals surface area contributed by atoms with Crippen LogP contribution in [0.4, 0.5) is 0 Å². The number of benzene rings is 2. The summed E-state index contributed by atoms with van der Waals surface area (Å²) in [6, 6.07) is 19.2. The second-order valence-electron chi connectivity index (χ2n) is 8.88. The first kappa shape index (κ1) is 26.0. The van der Waals surface area contributed by atoms with Crippen LogP contribution in [0.1, 0.15) is 64.5 Å². The molecule has 1 atom stereocenters. The highest BCUT2D eigenvalue weighted by atomic mass is 35.5. The molecule has 1 heterocycles. The van der Waals surface area contributed by atoms with Gasteiger partial charge in [0.15, 0.2) is 0 Å². The third-order valence-electron chi connectivity index (χ3n) is 6.58. The number of rotatable bonds is 9. The molecule has 5 nitrogen and oxygen atoms in total. The second kappa shape index (κ2) is 11.2. The van der Waals surface area contributed by atoms with Gasteiger partial charge in [-0.3, -0.25) is 9.69 Å². The molecule has 1 fully saturated rings. The first-order valence-electron chi connectivity index (χ1n) is 11.3. The van der Waals surface area contributed by atoms with Crippen molar-refractivity contribution in [2.24, 2.45) is 0 Å². The monoisotopic (exact) mass is 500 g/mol. The quantitative estimate of drug-likeness (QED) is 0.395. The van der Waals surface area contributed by atoms with Crippen molar-refractivity contribution in [3.63, 3.8) is 0 Å². The third-order valence-corrected chi connectivity index (χ3v) is 6.85. The minimum absolute atomic E-state index is 0. The summed E-state index contributed by atoms with van der Waals surface area (Å²) < 4.78 is 1.83. The van der Waals surface area contributed by atoms with E-state index in [1.54, 1.807) is 12.1 Å². The fraction of sp³-hybridized carbons (Fsp3) is 0.333. The predicted molar refractivity (Wildman–Crippen MR) is 138 cm³/mol. The maximum atomic E-state index is 13.1. The summed E-state index contributed by atoms with van der Waals surface area (Å²) in [5.41, 5.74) is 4.50. The Morgan fingerprint density at radius 2 is 1.79 bits per heavy atom. The van der Waals surface area contributed by atoms with Crippen molar-refractivity contribution in [2.45, 2.75) is 51.2 Å². The zero-order valence-corrected chi connectivity index (χ0v) is 21.0. The average Bonchev–Trinajstić information content (AvgIpc) is 3.66. The third kappa shape index (κ3) is 5.90. The van der Waals surface area contributed by atoms with E-state index in [1.165, 1.54) is 11.1 Å². The van der Waals surface area contributed by atoms with Gasteiger partial charge in [-0.25, -0.2) is 4.79 Å². The van der Waals surface area contributed by atoms with E-state index in [1.807, 2.05) is 41.0 Å². The summed E-state index contributed by atoms with van der Waals surface area (Å²) in [6.07, 6.45) is 2.86. The topological polar surface area (TPSA) is 62.5 Å². The minimum Gasteiger partial charge on any atom is -0.478 e. The van der Waals surface area contributed by atoms with Gasteiger partial charge in [0.1, 0.15) is 5.02 Å². The molecule has 2 aromatic carbocycles. The van der Waals surface area contributed by atoms with Crippen molar-refractivity contribution < 1.29 is 9.90 Å². The molecule has 1 saturated carbocycles. The molecule has 0 bridgehead atoms. The van der Waals surface area contributed by atoms with E-state index in [-0.39, 0.29) is 34.6 Å². The van der Waals surface area contributed by atoms with Crippen molar-refractivity contribution in [1.29, 1.82) is 0 Å². The number of carboxylic acid groups (broad SMARTS) is 1. The van der Waals surface area contributed by atoms with Gasteiger partial charge in [0, 0.05) is 24.8 Å². The summed E-state index contributed by atoms with van der Waals surface area (Å²) in [7, 11) is 2.09. The Morgan fingerprint density at radius 1 is 1.15 bits per heavy atom. The number of halogens is 2. The SMILES string of the molecule is C[C@@H](c1ccccc1)N(C)Cc1c(C2CC2)cc(Cl)c(=O)n1CCc1ccc(C(=O)O)cc1.Cl. The summed E-state index contributed by atoms with van der Waals surface area (Å²) in [5, 5.41) is 9.39. The lowest BCUT2D eigenvalue weighted by atomic mass is 10.0. The Labute approximate surface area is 211 Å². The van der Waals surface area contributed by atoms with Gasteiger partial charge < -0.3 is 9.67 Å². The molecule has 1 aliphatic carbocycles. The van der Waals surface area contributed by atoms with Crippen LogP contribution in [0.2, 0.25) is 5.02 Å². The summed E-state index contributed by atoms with van der Waals surface area (Å²) >= 11 is 6.38. The van der Waals surface area contributed by atoms with Crippen molar-refractivity contribution >= 4 is 30.0 Å². The molecule has 0 saturated heterocycles. The second-order valence-corrected chi connectivity index (χ2v) is 9.29. The van der Waals surface area contributed by atoms with E-state index in [9.17, 15) is 9.59 Å². The molecule has 1 N–H and O–H groups in total. The maximum Gasteiger partial charge on any atom is 0.335 e. The highest BCUT2D eigenvalue weighted by molar-refractivity contribution is 6.30. The molecule has 0 unspecified atom stereocenters. The molecular weight excluding hydrogens is 471 g/mol. The number of aromatic nitrogens is 1. The molecule has 1 aliphatic rings. The standard InChI is InChI=1S/C27H29ClN2O3.ClH/c1-18(20-6-4-3-5-7-20)29(2)17-25-23(21-12-13-21)16-24(28)26(31)30(25)15-14-19-8-10-22(11-9-19)27(32)33;/h3-11,16,18,21H,12-15,17H2,1-2H3,(H,32,33);1H/t18-;/m0./s1. The lowest BCUT2D eigenvalue weighted by molar-refractivity contribution is 0.0697. The smallest absolute Gasteiger partial charge is 0.335 e. The average molecular weight is 501 g/mol. The molecule has 4 rings (SSSR count). The number of carboxylic acids is 1. The minimum atomic E-state index is -0.945. The van der Waals surface area contributed by atoms with E-state index in [4.69, 9.17) is 16.7 Å². The molecule has 0 amide bonds. The number of pyridine rings is 1. The molecule has 34 heavy (non-hydrogen) atoms. The first-order chi connectivity index (χ1) is 15.8. The highest BCUT2D eigenvalue weighted by Crippen LogP contribution is 2.42. The molecular formula is C27H30Cl2N2O3. The van der Waals surface area contributed by atoms with Crippen molar-refractivity contribution in [3.8, 4) is 0 Å². The van der Waals surface area contributed by atoms with Crippen molar-refractivity contribution in [1.82, 2.24) is 9.47 Å². The largest absolute Gasteiger partial charge is 0.478 e. The zero-order chi connectivity index (χ0) is 23.5. The van der Waals surface area contributed by atoms with Crippen molar-refractivity contribution in [2.75, 3.05) is 7.05 Å². The van der Waals surface area contributed by atoms with E-state index in [0.717, 1.165) is 24.1 Å². The molecule has 3 aromatic rings. The highest BCUT2D eigenvalue weighted by Gasteiger charge is 2.29. The van der Waals surface area contributed by atoms with E-state index in [0.29, 0.717) is 25.4 Å². The Hall–Kier alpha value is -2.60. The van der Waals surface area contributed by atoms with Gasteiger partial charge in [-0.2, -0.15) is 0 Å². The van der Waals surface area contributed by atoms with Gasteiger partial charge in [-0.15, -0.1) is 12.4 Å². The van der Waals surface area contributed by atoms with E-state index < -0.39 is 5.97 Å². The molecule has 7 heteroatoms. The van der Waals surface area contributed by atoms with Gasteiger partial charge >= 0.3 is 5.97 Å². The number of aromatic carboxylic acids is 1. The van der Waals surface area contributed by atoms with Crippen LogP contribution in [-0.2, 0) is 19.5 Å². The number of nitrogens with zero attached hydrogens (tertiary/aromatic N) is 2.